The largest absolute Gasteiger partial charge is 0.386 e. The first-order chi connectivity index (χ1) is 5.59. The van der Waals surface area contributed by atoms with Crippen molar-refractivity contribution in [1.82, 2.24) is 0 Å². The molecule has 12 heavy (non-hydrogen) atoms. The third-order valence-corrected chi connectivity index (χ3v) is 1.70. The standard InChI is InChI=1S/C9H16O3/c1-6(2)11-9-5-4-8(10)7(3)12-9/h4-10H,1-3H3/t7-,8+,9+/m0/s1. The molecule has 0 aliphatic carbocycles. The van der Waals surface area contributed by atoms with E-state index in [-0.39, 0.29) is 18.5 Å². The number of ether oxygens (including phenoxy) is 2. The van der Waals surface area contributed by atoms with Crippen LogP contribution < -0.4 is 0 Å². The molecule has 0 amide bonds. The highest BCUT2D eigenvalue weighted by Crippen LogP contribution is 2.14. The molecule has 1 aliphatic rings. The Kier molecular flexibility index (Phi) is 3.26. The third-order valence-electron chi connectivity index (χ3n) is 1.70. The van der Waals surface area contributed by atoms with Crippen LogP contribution in [0.25, 0.3) is 0 Å². The average molecular weight is 172 g/mol. The van der Waals surface area contributed by atoms with Crippen molar-refractivity contribution in [3.05, 3.63) is 12.2 Å². The van der Waals surface area contributed by atoms with Gasteiger partial charge in [0.05, 0.1) is 18.3 Å². The molecule has 1 aliphatic heterocycles. The van der Waals surface area contributed by atoms with E-state index in [1.807, 2.05) is 20.8 Å². The maximum absolute atomic E-state index is 9.26. The zero-order chi connectivity index (χ0) is 9.14. The highest BCUT2D eigenvalue weighted by Gasteiger charge is 2.22. The van der Waals surface area contributed by atoms with E-state index in [0.29, 0.717) is 0 Å². The summed E-state index contributed by atoms with van der Waals surface area (Å²) >= 11 is 0. The Labute approximate surface area is 73.0 Å². The summed E-state index contributed by atoms with van der Waals surface area (Å²) in [6, 6.07) is 0. The molecule has 0 aromatic rings. The van der Waals surface area contributed by atoms with Gasteiger partial charge >= 0.3 is 0 Å². The van der Waals surface area contributed by atoms with Gasteiger partial charge in [-0.1, -0.05) is 6.08 Å². The van der Waals surface area contributed by atoms with Gasteiger partial charge in [-0.15, -0.1) is 0 Å². The molecule has 0 radical (unpaired) electrons. The topological polar surface area (TPSA) is 38.7 Å². The second-order valence-electron chi connectivity index (χ2n) is 3.27. The van der Waals surface area contributed by atoms with E-state index < -0.39 is 6.10 Å². The maximum Gasteiger partial charge on any atom is 0.177 e. The zero-order valence-corrected chi connectivity index (χ0v) is 7.73. The SMILES string of the molecule is CC(C)O[C@H]1C=C[C@@H](O)[C@H](C)O1. The van der Waals surface area contributed by atoms with Gasteiger partial charge in [0.1, 0.15) is 0 Å². The Balaban J connectivity index is 2.44. The Hall–Kier alpha value is -0.380. The van der Waals surface area contributed by atoms with Gasteiger partial charge in [-0.2, -0.15) is 0 Å². The molecule has 70 valence electrons. The number of aliphatic hydroxyl groups excluding tert-OH is 1. The van der Waals surface area contributed by atoms with Crippen LogP contribution in [0.3, 0.4) is 0 Å². The van der Waals surface area contributed by atoms with Crippen LogP contribution in [0.1, 0.15) is 20.8 Å². The van der Waals surface area contributed by atoms with Crippen molar-refractivity contribution in [1.29, 1.82) is 0 Å². The summed E-state index contributed by atoms with van der Waals surface area (Å²) in [5.74, 6) is 0. The van der Waals surface area contributed by atoms with Crippen LogP contribution in [0.5, 0.6) is 0 Å². The quantitative estimate of drug-likeness (QED) is 0.633. The summed E-state index contributed by atoms with van der Waals surface area (Å²) in [7, 11) is 0. The van der Waals surface area contributed by atoms with Gasteiger partial charge in [-0.3, -0.25) is 0 Å². The third kappa shape index (κ3) is 2.59. The molecule has 0 bridgehead atoms. The lowest BCUT2D eigenvalue weighted by Gasteiger charge is -2.27. The Bertz CT molecular complexity index is 165. The van der Waals surface area contributed by atoms with Gasteiger partial charge in [-0.05, 0) is 26.8 Å². The van der Waals surface area contributed by atoms with Crippen LogP contribution in [-0.4, -0.2) is 29.7 Å². The highest BCUT2D eigenvalue weighted by atomic mass is 16.7. The number of hydrogen-bond acceptors (Lipinski definition) is 3. The van der Waals surface area contributed by atoms with Crippen molar-refractivity contribution < 1.29 is 14.6 Å². The predicted molar refractivity (Wildman–Crippen MR) is 45.7 cm³/mol. The van der Waals surface area contributed by atoms with Gasteiger partial charge in [0.25, 0.3) is 0 Å². The second-order valence-corrected chi connectivity index (χ2v) is 3.27. The number of rotatable bonds is 2. The van der Waals surface area contributed by atoms with E-state index in [0.717, 1.165) is 0 Å². The zero-order valence-electron chi connectivity index (χ0n) is 7.73. The average Bonchev–Trinajstić information content (AvgIpc) is 1.96. The van der Waals surface area contributed by atoms with Crippen molar-refractivity contribution in [2.75, 3.05) is 0 Å². The van der Waals surface area contributed by atoms with Crippen molar-refractivity contribution in [2.45, 2.75) is 45.4 Å². The molecule has 0 saturated heterocycles. The minimum absolute atomic E-state index is 0.141. The molecule has 3 nitrogen and oxygen atoms in total. The summed E-state index contributed by atoms with van der Waals surface area (Å²) < 4.78 is 10.7. The lowest BCUT2D eigenvalue weighted by Crippen LogP contribution is -2.35. The minimum atomic E-state index is -0.503. The summed E-state index contributed by atoms with van der Waals surface area (Å²) in [5, 5.41) is 9.26. The van der Waals surface area contributed by atoms with Gasteiger partial charge in [0.15, 0.2) is 6.29 Å². The van der Waals surface area contributed by atoms with Crippen LogP contribution in [-0.2, 0) is 9.47 Å². The minimum Gasteiger partial charge on any atom is -0.386 e. The molecule has 0 aromatic carbocycles. The van der Waals surface area contributed by atoms with Gasteiger partial charge in [-0.25, -0.2) is 0 Å². The lowest BCUT2D eigenvalue weighted by atomic mass is 10.2. The fraction of sp³-hybridized carbons (Fsp3) is 0.778. The van der Waals surface area contributed by atoms with E-state index in [1.54, 1.807) is 12.2 Å². The summed E-state index contributed by atoms with van der Waals surface area (Å²) in [5.41, 5.74) is 0. The second kappa shape index (κ2) is 4.03. The summed E-state index contributed by atoms with van der Waals surface area (Å²) in [6.45, 7) is 5.73. The van der Waals surface area contributed by atoms with E-state index in [1.165, 1.54) is 0 Å². The normalized spacial score (nSPS) is 35.9. The van der Waals surface area contributed by atoms with Crippen LogP contribution in [0, 0.1) is 0 Å². The Morgan fingerprint density at radius 3 is 2.58 bits per heavy atom. The molecular formula is C9H16O3. The highest BCUT2D eigenvalue weighted by molar-refractivity contribution is 4.98. The number of aliphatic hydroxyl groups is 1. The maximum atomic E-state index is 9.26. The smallest absolute Gasteiger partial charge is 0.177 e. The molecule has 1 N–H and O–H groups in total. The molecular weight excluding hydrogens is 156 g/mol. The molecule has 0 fully saturated rings. The summed E-state index contributed by atoms with van der Waals surface area (Å²) in [4.78, 5) is 0. The predicted octanol–water partition coefficient (Wildman–Crippen LogP) is 1.07. The van der Waals surface area contributed by atoms with Crippen LogP contribution in [0.4, 0.5) is 0 Å². The Morgan fingerprint density at radius 2 is 2.08 bits per heavy atom. The van der Waals surface area contributed by atoms with E-state index in [4.69, 9.17) is 9.47 Å². The molecule has 3 heteroatoms. The van der Waals surface area contributed by atoms with E-state index in [2.05, 4.69) is 0 Å². The number of hydrogen-bond donors (Lipinski definition) is 1. The molecule has 1 heterocycles. The van der Waals surface area contributed by atoms with Gasteiger partial charge in [0.2, 0.25) is 0 Å². The van der Waals surface area contributed by atoms with Crippen molar-refractivity contribution >= 4 is 0 Å². The van der Waals surface area contributed by atoms with Crippen LogP contribution in [0.15, 0.2) is 12.2 Å². The molecule has 0 aromatic heterocycles. The van der Waals surface area contributed by atoms with Gasteiger partial charge < -0.3 is 14.6 Å². The van der Waals surface area contributed by atoms with Gasteiger partial charge in [0, 0.05) is 0 Å². The lowest BCUT2D eigenvalue weighted by molar-refractivity contribution is -0.180. The summed E-state index contributed by atoms with van der Waals surface area (Å²) in [6.07, 6.45) is 2.60. The molecule has 0 saturated carbocycles. The molecule has 3 atom stereocenters. The van der Waals surface area contributed by atoms with Crippen molar-refractivity contribution in [3.63, 3.8) is 0 Å². The molecule has 0 spiro atoms. The van der Waals surface area contributed by atoms with Crippen molar-refractivity contribution in [3.8, 4) is 0 Å². The van der Waals surface area contributed by atoms with E-state index in [9.17, 15) is 5.11 Å². The molecule has 1 rings (SSSR count). The Morgan fingerprint density at radius 1 is 1.42 bits per heavy atom. The van der Waals surface area contributed by atoms with Crippen LogP contribution in [0.2, 0.25) is 0 Å². The first kappa shape index (κ1) is 9.71. The fourth-order valence-corrected chi connectivity index (χ4v) is 1.04. The van der Waals surface area contributed by atoms with E-state index >= 15 is 0 Å². The molecule has 0 unspecified atom stereocenters. The fourth-order valence-electron chi connectivity index (χ4n) is 1.04. The first-order valence-corrected chi connectivity index (χ1v) is 4.27. The van der Waals surface area contributed by atoms with Crippen LogP contribution >= 0.6 is 0 Å². The first-order valence-electron chi connectivity index (χ1n) is 4.27. The monoisotopic (exact) mass is 172 g/mol. The van der Waals surface area contributed by atoms with Crippen molar-refractivity contribution in [2.24, 2.45) is 0 Å².